The highest BCUT2D eigenvalue weighted by Crippen LogP contribution is 2.15. The first kappa shape index (κ1) is 18.7. The Hall–Kier alpha value is -2.67. The van der Waals surface area contributed by atoms with Crippen molar-refractivity contribution in [3.05, 3.63) is 52.2 Å². The number of nitrogens with one attached hydrogen (secondary N) is 2. The molecule has 0 saturated carbocycles. The predicted octanol–water partition coefficient (Wildman–Crippen LogP) is 2.93. The van der Waals surface area contributed by atoms with Gasteiger partial charge >= 0.3 is 5.97 Å². The average Bonchev–Trinajstić information content (AvgIpc) is 3.12. The van der Waals surface area contributed by atoms with Crippen molar-refractivity contribution in [1.29, 1.82) is 0 Å². The third kappa shape index (κ3) is 5.72. The van der Waals surface area contributed by atoms with E-state index >= 15 is 0 Å². The topological polar surface area (TPSA) is 84.5 Å². The van der Waals surface area contributed by atoms with E-state index in [0.717, 1.165) is 0 Å². The molecule has 0 unspecified atom stereocenters. The Bertz CT molecular complexity index is 741. The quantitative estimate of drug-likeness (QED) is 0.744. The molecule has 1 aromatic carbocycles. The van der Waals surface area contributed by atoms with E-state index in [1.165, 1.54) is 11.3 Å². The molecule has 0 aliphatic heterocycles. The van der Waals surface area contributed by atoms with Gasteiger partial charge in [-0.25, -0.2) is 4.79 Å². The molecule has 0 fully saturated rings. The summed E-state index contributed by atoms with van der Waals surface area (Å²) in [5, 5.41) is 7.17. The Kier molecular flexibility index (Phi) is 6.71. The minimum atomic E-state index is -0.548. The zero-order valence-electron chi connectivity index (χ0n) is 14.1. The Morgan fingerprint density at radius 3 is 2.56 bits per heavy atom. The summed E-state index contributed by atoms with van der Waals surface area (Å²) in [6, 6.07) is 10.0. The van der Waals surface area contributed by atoms with Gasteiger partial charge in [0.05, 0.1) is 11.3 Å². The van der Waals surface area contributed by atoms with E-state index < -0.39 is 18.5 Å². The van der Waals surface area contributed by atoms with Crippen molar-refractivity contribution >= 4 is 34.8 Å². The summed E-state index contributed by atoms with van der Waals surface area (Å²) in [6.45, 7) is 4.12. The molecule has 6 nitrogen and oxygen atoms in total. The molecule has 0 radical (unpaired) electrons. The number of amides is 2. The van der Waals surface area contributed by atoms with E-state index in [-0.39, 0.29) is 5.91 Å². The Labute approximate surface area is 150 Å². The van der Waals surface area contributed by atoms with E-state index in [0.29, 0.717) is 28.6 Å². The molecule has 2 amide bonds. The summed E-state index contributed by atoms with van der Waals surface area (Å²) in [5.41, 5.74) is 0.738. The molecular formula is C18H20N2O4S. The molecule has 0 atom stereocenters. The maximum Gasteiger partial charge on any atom is 0.348 e. The van der Waals surface area contributed by atoms with Crippen LogP contribution >= 0.6 is 11.3 Å². The third-order valence-electron chi connectivity index (χ3n) is 3.17. The number of ether oxygens (including phenoxy) is 1. The molecule has 1 heterocycles. The number of carbonyl (C=O) groups is 3. The van der Waals surface area contributed by atoms with Gasteiger partial charge in [-0.1, -0.05) is 32.0 Å². The van der Waals surface area contributed by atoms with Crippen molar-refractivity contribution in [3.63, 3.8) is 0 Å². The molecule has 2 aromatic rings. The number of anilines is 1. The molecule has 0 aliphatic rings. The molecule has 25 heavy (non-hydrogen) atoms. The highest BCUT2D eigenvalue weighted by molar-refractivity contribution is 7.11. The molecule has 0 aliphatic carbocycles. The van der Waals surface area contributed by atoms with Crippen LogP contribution in [0.5, 0.6) is 0 Å². The Balaban J connectivity index is 1.94. The number of hydrogen-bond donors (Lipinski definition) is 2. The second kappa shape index (κ2) is 8.98. The molecule has 2 rings (SSSR count). The number of para-hydroxylation sites is 1. The van der Waals surface area contributed by atoms with E-state index in [4.69, 9.17) is 4.74 Å². The minimum Gasteiger partial charge on any atom is -0.451 e. The van der Waals surface area contributed by atoms with Crippen LogP contribution < -0.4 is 10.6 Å². The number of hydrogen-bond acceptors (Lipinski definition) is 5. The summed E-state index contributed by atoms with van der Waals surface area (Å²) in [4.78, 5) is 36.4. The zero-order chi connectivity index (χ0) is 18.2. The molecule has 0 saturated heterocycles. The van der Waals surface area contributed by atoms with Gasteiger partial charge in [-0.15, -0.1) is 11.3 Å². The number of rotatable bonds is 7. The highest BCUT2D eigenvalue weighted by atomic mass is 32.1. The van der Waals surface area contributed by atoms with Gasteiger partial charge in [0.1, 0.15) is 4.88 Å². The third-order valence-corrected chi connectivity index (χ3v) is 4.02. The lowest BCUT2D eigenvalue weighted by Crippen LogP contribution is -2.29. The second-order valence-corrected chi connectivity index (χ2v) is 6.70. The lowest BCUT2D eigenvalue weighted by atomic mass is 10.1. The summed E-state index contributed by atoms with van der Waals surface area (Å²) in [6.07, 6.45) is 0. The van der Waals surface area contributed by atoms with E-state index in [9.17, 15) is 14.4 Å². The van der Waals surface area contributed by atoms with Crippen LogP contribution in [0.4, 0.5) is 5.69 Å². The van der Waals surface area contributed by atoms with Gasteiger partial charge in [0.25, 0.3) is 11.8 Å². The average molecular weight is 360 g/mol. The molecule has 2 N–H and O–H groups in total. The van der Waals surface area contributed by atoms with Crippen LogP contribution in [-0.2, 0) is 9.53 Å². The fraction of sp³-hybridized carbons (Fsp3) is 0.278. The van der Waals surface area contributed by atoms with Crippen molar-refractivity contribution in [2.45, 2.75) is 13.8 Å². The monoisotopic (exact) mass is 360 g/mol. The van der Waals surface area contributed by atoms with Crippen LogP contribution in [0, 0.1) is 5.92 Å². The normalized spacial score (nSPS) is 10.4. The molecule has 7 heteroatoms. The van der Waals surface area contributed by atoms with E-state index in [1.807, 2.05) is 13.8 Å². The highest BCUT2D eigenvalue weighted by Gasteiger charge is 2.15. The molecule has 1 aromatic heterocycles. The first-order valence-corrected chi connectivity index (χ1v) is 8.73. The number of carbonyl (C=O) groups excluding carboxylic acids is 3. The molecular weight excluding hydrogens is 340 g/mol. The summed E-state index contributed by atoms with van der Waals surface area (Å²) < 4.78 is 4.96. The van der Waals surface area contributed by atoms with Crippen molar-refractivity contribution in [2.24, 2.45) is 5.92 Å². The fourth-order valence-electron chi connectivity index (χ4n) is 1.97. The summed E-state index contributed by atoms with van der Waals surface area (Å²) in [7, 11) is 0. The maximum absolute atomic E-state index is 12.2. The summed E-state index contributed by atoms with van der Waals surface area (Å²) >= 11 is 1.24. The number of benzene rings is 1. The standard InChI is InChI=1S/C18H20N2O4S/c1-12(2)10-19-17(22)13-6-3-4-7-14(13)20-16(21)11-24-18(23)15-8-5-9-25-15/h3-9,12H,10-11H2,1-2H3,(H,19,22)(H,20,21). The van der Waals surface area contributed by atoms with Crippen molar-refractivity contribution < 1.29 is 19.1 Å². The molecule has 132 valence electrons. The van der Waals surface area contributed by atoms with Gasteiger partial charge in [0.2, 0.25) is 0 Å². The van der Waals surface area contributed by atoms with Gasteiger partial charge < -0.3 is 15.4 Å². The second-order valence-electron chi connectivity index (χ2n) is 5.75. The fourth-order valence-corrected chi connectivity index (χ4v) is 2.58. The lowest BCUT2D eigenvalue weighted by molar-refractivity contribution is -0.119. The van der Waals surface area contributed by atoms with E-state index in [2.05, 4.69) is 10.6 Å². The first-order valence-electron chi connectivity index (χ1n) is 7.85. The Morgan fingerprint density at radius 2 is 1.88 bits per heavy atom. The summed E-state index contributed by atoms with van der Waals surface area (Å²) in [5.74, 6) is -0.996. The lowest BCUT2D eigenvalue weighted by Gasteiger charge is -2.12. The SMILES string of the molecule is CC(C)CNC(=O)c1ccccc1NC(=O)COC(=O)c1cccs1. The van der Waals surface area contributed by atoms with Crippen LogP contribution in [0.1, 0.15) is 33.9 Å². The largest absolute Gasteiger partial charge is 0.451 e. The van der Waals surface area contributed by atoms with Crippen molar-refractivity contribution in [3.8, 4) is 0 Å². The first-order chi connectivity index (χ1) is 12.0. The van der Waals surface area contributed by atoms with E-state index in [1.54, 1.807) is 41.8 Å². The van der Waals surface area contributed by atoms with Gasteiger partial charge in [-0.3, -0.25) is 9.59 Å². The smallest absolute Gasteiger partial charge is 0.348 e. The van der Waals surface area contributed by atoms with Crippen LogP contribution in [0.3, 0.4) is 0 Å². The number of esters is 1. The van der Waals surface area contributed by atoms with Crippen LogP contribution in [-0.4, -0.2) is 30.9 Å². The molecule has 0 spiro atoms. The Morgan fingerprint density at radius 1 is 1.12 bits per heavy atom. The number of thiophene rings is 1. The van der Waals surface area contributed by atoms with Gasteiger partial charge in [-0.05, 0) is 29.5 Å². The van der Waals surface area contributed by atoms with Gasteiger partial charge in [0, 0.05) is 6.54 Å². The van der Waals surface area contributed by atoms with Crippen LogP contribution in [0.15, 0.2) is 41.8 Å². The van der Waals surface area contributed by atoms with Crippen LogP contribution in [0.25, 0.3) is 0 Å². The van der Waals surface area contributed by atoms with Crippen molar-refractivity contribution in [2.75, 3.05) is 18.5 Å². The van der Waals surface area contributed by atoms with Crippen molar-refractivity contribution in [1.82, 2.24) is 5.32 Å². The maximum atomic E-state index is 12.2. The predicted molar refractivity (Wildman–Crippen MR) is 96.8 cm³/mol. The molecule has 0 bridgehead atoms. The minimum absolute atomic E-state index is 0.264. The van der Waals surface area contributed by atoms with Crippen LogP contribution in [0.2, 0.25) is 0 Å². The zero-order valence-corrected chi connectivity index (χ0v) is 14.9. The van der Waals surface area contributed by atoms with Gasteiger partial charge in [-0.2, -0.15) is 0 Å². The van der Waals surface area contributed by atoms with Gasteiger partial charge in [0.15, 0.2) is 6.61 Å².